The summed E-state index contributed by atoms with van der Waals surface area (Å²) in [6.45, 7) is 0.513. The maximum atomic E-state index is 11.8. The van der Waals surface area contributed by atoms with Gasteiger partial charge in [0.2, 0.25) is 11.6 Å². The second-order valence-corrected chi connectivity index (χ2v) is 8.57. The summed E-state index contributed by atoms with van der Waals surface area (Å²) in [7, 11) is -1.35. The molecule has 2 aromatic carbocycles. The van der Waals surface area contributed by atoms with E-state index >= 15 is 0 Å². The molecule has 2 N–H and O–H groups in total. The highest BCUT2D eigenvalue weighted by atomic mass is 32.2. The maximum Gasteiger partial charge on any atom is 0.412 e. The molecule has 0 unspecified atom stereocenters. The number of methoxy groups -OCH3 is 1. The van der Waals surface area contributed by atoms with E-state index in [-0.39, 0.29) is 43.0 Å². The van der Waals surface area contributed by atoms with E-state index in [1.54, 1.807) is 42.5 Å². The summed E-state index contributed by atoms with van der Waals surface area (Å²) >= 11 is 0. The van der Waals surface area contributed by atoms with Crippen LogP contribution in [0, 0.1) is 0 Å². The largest absolute Gasteiger partial charge is 0.494 e. The van der Waals surface area contributed by atoms with Crippen LogP contribution in [0.1, 0.15) is 6.42 Å². The number of ether oxygens (including phenoxy) is 5. The fourth-order valence-electron chi connectivity index (χ4n) is 3.11. The number of anilines is 1. The zero-order valence-corrected chi connectivity index (χ0v) is 23.8. The number of nitrogens with one attached hydrogen (secondary N) is 1. The number of carbonyl (C=O) groups excluding carboxylic acids is 1. The number of aliphatic hydroxyl groups excluding tert-OH is 1. The third kappa shape index (κ3) is 11.6. The van der Waals surface area contributed by atoms with Gasteiger partial charge in [0.05, 0.1) is 13.7 Å². The molecular formula is C28H29N5O9S. The van der Waals surface area contributed by atoms with Gasteiger partial charge in [-0.05, 0) is 36.4 Å². The van der Waals surface area contributed by atoms with Gasteiger partial charge in [0, 0.05) is 19.2 Å². The topological polar surface area (TPSA) is 181 Å². The number of hydrogen-bond donors (Lipinski definition) is 2. The van der Waals surface area contributed by atoms with E-state index < -0.39 is 16.6 Å². The van der Waals surface area contributed by atoms with Gasteiger partial charge in [-0.2, -0.15) is 13.4 Å². The average molecular weight is 612 g/mol. The van der Waals surface area contributed by atoms with Crippen LogP contribution in [0.4, 0.5) is 16.4 Å². The normalized spacial score (nSPS) is 9.91. The molecule has 0 atom stereocenters. The highest BCUT2D eigenvalue weighted by Crippen LogP contribution is 2.40. The van der Waals surface area contributed by atoms with Gasteiger partial charge in [-0.3, -0.25) is 5.32 Å². The smallest absolute Gasteiger partial charge is 0.412 e. The maximum absolute atomic E-state index is 11.8. The van der Waals surface area contributed by atoms with E-state index in [9.17, 15) is 13.2 Å². The summed E-state index contributed by atoms with van der Waals surface area (Å²) in [6, 6.07) is 21.3. The van der Waals surface area contributed by atoms with Gasteiger partial charge < -0.3 is 28.8 Å². The minimum Gasteiger partial charge on any atom is -0.494 e. The number of amides is 1. The predicted octanol–water partition coefficient (Wildman–Crippen LogP) is 4.44. The van der Waals surface area contributed by atoms with Crippen molar-refractivity contribution in [2.75, 3.05) is 38.9 Å². The van der Waals surface area contributed by atoms with Gasteiger partial charge >= 0.3 is 16.6 Å². The van der Waals surface area contributed by atoms with Gasteiger partial charge in [0.25, 0.3) is 5.88 Å². The molecule has 0 fully saturated rings. The van der Waals surface area contributed by atoms with Crippen LogP contribution in [0.3, 0.4) is 0 Å². The summed E-state index contributed by atoms with van der Waals surface area (Å²) in [6.07, 6.45) is 2.55. The van der Waals surface area contributed by atoms with Crippen molar-refractivity contribution in [2.24, 2.45) is 4.36 Å². The number of rotatable bonds is 13. The monoisotopic (exact) mass is 611 g/mol. The predicted molar refractivity (Wildman–Crippen MR) is 154 cm³/mol. The molecule has 0 spiro atoms. The Balaban J connectivity index is 0.000000386. The van der Waals surface area contributed by atoms with Crippen molar-refractivity contribution in [1.29, 1.82) is 0 Å². The minimum absolute atomic E-state index is 0.108. The lowest BCUT2D eigenvalue weighted by molar-refractivity contribution is 0.135. The lowest BCUT2D eigenvalue weighted by Crippen LogP contribution is -2.18. The van der Waals surface area contributed by atoms with Crippen LogP contribution in [0.15, 0.2) is 89.7 Å². The van der Waals surface area contributed by atoms with Gasteiger partial charge in [0.15, 0.2) is 11.5 Å². The molecule has 0 bridgehead atoms. The molecule has 0 aliphatic heterocycles. The van der Waals surface area contributed by atoms with Crippen molar-refractivity contribution >= 4 is 28.2 Å². The molecule has 15 heteroatoms. The summed E-state index contributed by atoms with van der Waals surface area (Å²) in [4.78, 5) is 23.5. The Morgan fingerprint density at radius 2 is 1.63 bits per heavy atom. The molecular weight excluding hydrogens is 582 g/mol. The Hall–Kier alpha value is -5.28. The average Bonchev–Trinajstić information content (AvgIpc) is 3.02. The molecule has 14 nitrogen and oxygen atoms in total. The van der Waals surface area contributed by atoms with Crippen molar-refractivity contribution in [2.45, 2.75) is 6.42 Å². The Labute approximate surface area is 248 Å². The molecule has 0 radical (unpaired) electrons. The molecule has 4 rings (SSSR count). The number of aromatic nitrogens is 3. The van der Waals surface area contributed by atoms with Crippen molar-refractivity contribution in [3.05, 3.63) is 85.3 Å². The molecule has 0 saturated heterocycles. The van der Waals surface area contributed by atoms with Gasteiger partial charge in [0.1, 0.15) is 31.1 Å². The minimum atomic E-state index is -2.80. The van der Waals surface area contributed by atoms with Gasteiger partial charge in [-0.15, -0.1) is 4.36 Å². The van der Waals surface area contributed by atoms with Crippen LogP contribution in [-0.2, 0) is 15.2 Å². The van der Waals surface area contributed by atoms with E-state index in [1.807, 2.05) is 30.3 Å². The summed E-state index contributed by atoms with van der Waals surface area (Å²) < 4.78 is 52.3. The molecule has 0 aliphatic carbocycles. The number of hydrogen-bond acceptors (Lipinski definition) is 13. The van der Waals surface area contributed by atoms with E-state index in [1.165, 1.54) is 13.3 Å². The van der Waals surface area contributed by atoms with Crippen LogP contribution in [0.2, 0.25) is 0 Å². The van der Waals surface area contributed by atoms with Crippen molar-refractivity contribution in [1.82, 2.24) is 15.0 Å². The van der Waals surface area contributed by atoms with Gasteiger partial charge in [-0.1, -0.05) is 36.4 Å². The number of aliphatic hydroxyl groups is 1. The lowest BCUT2D eigenvalue weighted by Gasteiger charge is -2.14. The number of pyridine rings is 1. The second-order valence-electron chi connectivity index (χ2n) is 7.96. The summed E-state index contributed by atoms with van der Waals surface area (Å²) in [5.74, 6) is 1.30. The van der Waals surface area contributed by atoms with Crippen LogP contribution in [0.5, 0.6) is 28.9 Å². The van der Waals surface area contributed by atoms with Crippen LogP contribution >= 0.6 is 0 Å². The number of nitrogens with zero attached hydrogens (tertiary/aromatic N) is 4. The third-order valence-electron chi connectivity index (χ3n) is 4.96. The Kier molecular flexibility index (Phi) is 13.7. The molecule has 2 heterocycles. The zero-order valence-electron chi connectivity index (χ0n) is 23.0. The van der Waals surface area contributed by atoms with E-state index in [0.717, 1.165) is 12.1 Å². The second kappa shape index (κ2) is 18.2. The van der Waals surface area contributed by atoms with Crippen molar-refractivity contribution < 1.29 is 42.0 Å². The lowest BCUT2D eigenvalue weighted by atomic mass is 10.3. The molecule has 0 saturated carbocycles. The Bertz CT molecular complexity index is 1550. The fraction of sp³-hybridized carbons (Fsp3) is 0.214. The number of carbonyl (C=O) groups is 1. The van der Waals surface area contributed by atoms with E-state index in [2.05, 4.69) is 24.6 Å². The first-order valence-electron chi connectivity index (χ1n) is 12.7. The standard InChI is InChI=1S/C19H17N5O7S.C9H12O2/c1-28-13-6-2-3-7-14(13)31-16-17(24-32(26)27)21-12-22-18(16)29-10-11-30-19(25)23-15-8-4-5-9-20-15;10-7-4-8-11-9-5-2-1-3-6-9/h2-9,12H,10-11H2,1H3,(H,20,23,25);1-3,5-6,10H,4,7-8H2. The van der Waals surface area contributed by atoms with Crippen LogP contribution in [-0.4, -0.2) is 68.1 Å². The molecule has 226 valence electrons. The summed E-state index contributed by atoms with van der Waals surface area (Å²) in [5.41, 5.74) is 0. The van der Waals surface area contributed by atoms with Crippen molar-refractivity contribution in [3.63, 3.8) is 0 Å². The third-order valence-corrected chi connectivity index (χ3v) is 5.28. The first kappa shape index (κ1) is 32.2. The first-order valence-corrected chi connectivity index (χ1v) is 13.8. The van der Waals surface area contributed by atoms with Gasteiger partial charge in [-0.25, -0.2) is 14.8 Å². The Morgan fingerprint density at radius 1 is 0.884 bits per heavy atom. The number of para-hydroxylation sites is 3. The molecule has 4 aromatic rings. The molecule has 2 aromatic heterocycles. The fourth-order valence-corrected chi connectivity index (χ4v) is 3.38. The van der Waals surface area contributed by atoms with E-state index in [0.29, 0.717) is 24.6 Å². The molecule has 0 aliphatic rings. The van der Waals surface area contributed by atoms with Crippen LogP contribution < -0.4 is 24.3 Å². The molecule has 43 heavy (non-hydrogen) atoms. The number of benzene rings is 2. The Morgan fingerprint density at radius 3 is 2.33 bits per heavy atom. The van der Waals surface area contributed by atoms with Crippen molar-refractivity contribution in [3.8, 4) is 28.9 Å². The van der Waals surface area contributed by atoms with Crippen LogP contribution in [0.25, 0.3) is 0 Å². The highest BCUT2D eigenvalue weighted by Gasteiger charge is 2.18. The zero-order chi connectivity index (χ0) is 30.7. The summed E-state index contributed by atoms with van der Waals surface area (Å²) in [5, 5.41) is 10.9. The highest BCUT2D eigenvalue weighted by molar-refractivity contribution is 7.61. The quantitative estimate of drug-likeness (QED) is 0.203. The SMILES string of the molecule is COc1ccccc1Oc1c(N=S(=O)=O)ncnc1OCCOC(=O)Nc1ccccn1.OCCCOc1ccccc1. The van der Waals surface area contributed by atoms with E-state index in [4.69, 9.17) is 28.8 Å². The first-order chi connectivity index (χ1) is 21.0. The molecule has 1 amide bonds.